The van der Waals surface area contributed by atoms with E-state index < -0.39 is 0 Å². The fourth-order valence-electron chi connectivity index (χ4n) is 0.218. The second kappa shape index (κ2) is 1.81. The van der Waals surface area contributed by atoms with Crippen LogP contribution < -0.4 is 4.83 Å². The molecule has 0 aliphatic carbocycles. The Labute approximate surface area is 50.2 Å². The summed E-state index contributed by atoms with van der Waals surface area (Å²) >= 11 is 6.47. The zero-order valence-electron chi connectivity index (χ0n) is 3.26. The number of rotatable bonds is 0. The fraction of sp³-hybridized carbons (Fsp3) is 0. The van der Waals surface area contributed by atoms with E-state index in [2.05, 4.69) is 4.83 Å². The molecule has 2 N–H and O–H groups in total. The normalized spacial score (nSPS) is 20.1. The zero-order chi connectivity index (χ0) is 5.28. The van der Waals surface area contributed by atoms with Crippen molar-refractivity contribution in [1.29, 1.82) is 0 Å². The van der Waals surface area contributed by atoms with E-state index in [0.717, 1.165) is 4.53 Å². The lowest BCUT2D eigenvalue weighted by Crippen LogP contribution is -2.15. The van der Waals surface area contributed by atoms with Crippen LogP contribution in [0.1, 0.15) is 0 Å². The fourth-order valence-corrected chi connectivity index (χ4v) is 0.894. The molecule has 0 aromatic carbocycles. The molecule has 0 amide bonds. The van der Waals surface area contributed by atoms with Crippen LogP contribution in [0.25, 0.3) is 0 Å². The second-order valence-corrected chi connectivity index (χ2v) is 1.96. The van der Waals surface area contributed by atoms with E-state index in [1.807, 2.05) is 0 Å². The molecule has 0 fully saturated rings. The molecule has 0 atom stereocenters. The summed E-state index contributed by atoms with van der Waals surface area (Å²) in [4.78, 5) is 2.54. The molecule has 0 aromatic heterocycles. The number of hydrazine groups is 1. The Kier molecular flexibility index (Phi) is 1.32. The molecule has 0 bridgehead atoms. The van der Waals surface area contributed by atoms with Crippen LogP contribution in [0.15, 0.2) is 11.3 Å². The van der Waals surface area contributed by atoms with Crippen molar-refractivity contribution in [3.63, 3.8) is 0 Å². The van der Waals surface area contributed by atoms with Gasteiger partial charge in [-0.2, -0.15) is 9.36 Å². The highest BCUT2D eigenvalue weighted by Gasteiger charge is 2.09. The molecule has 1 heterocycles. The lowest BCUT2D eigenvalue weighted by atomic mass is 11.0. The largest absolute Gasteiger partial charge is 0.493 e. The maximum Gasteiger partial charge on any atom is 0.225 e. The maximum absolute atomic E-state index is 8.57. The molecule has 7 heavy (non-hydrogen) atoms. The predicted molar refractivity (Wildman–Crippen MR) is 29.1 cm³/mol. The molecule has 5 heteroatoms. The lowest BCUT2D eigenvalue weighted by molar-refractivity contribution is 0.287. The number of aliphatic hydroxyl groups excluding tert-OH is 1. The minimum absolute atomic E-state index is 0.0340. The molecule has 40 valence electrons. The lowest BCUT2D eigenvalue weighted by Gasteiger charge is -2.02. The van der Waals surface area contributed by atoms with Gasteiger partial charge in [0.2, 0.25) is 5.88 Å². The average molecular weight is 139 g/mol. The third kappa shape index (κ3) is 0.933. The predicted octanol–water partition coefficient (Wildman–Crippen LogP) is 0.966. The van der Waals surface area contributed by atoms with Gasteiger partial charge in [-0.05, 0) is 11.9 Å². The first-order chi connectivity index (χ1) is 3.30. The van der Waals surface area contributed by atoms with Crippen LogP contribution in [-0.2, 0) is 0 Å². The van der Waals surface area contributed by atoms with Crippen molar-refractivity contribution in [2.24, 2.45) is 0 Å². The van der Waals surface area contributed by atoms with Crippen molar-refractivity contribution >= 4 is 23.7 Å². The van der Waals surface area contributed by atoms with E-state index in [1.165, 1.54) is 17.4 Å². The molecule has 0 saturated carbocycles. The van der Waals surface area contributed by atoms with Crippen LogP contribution in [0.4, 0.5) is 0 Å². The van der Waals surface area contributed by atoms with E-state index in [9.17, 15) is 0 Å². The molecule has 0 saturated heterocycles. The number of nitrogens with one attached hydrogen (secondary N) is 1. The van der Waals surface area contributed by atoms with E-state index in [1.54, 1.807) is 0 Å². The number of hydrogen-bond acceptors (Lipinski definition) is 4. The van der Waals surface area contributed by atoms with Gasteiger partial charge in [0.25, 0.3) is 0 Å². The van der Waals surface area contributed by atoms with Gasteiger partial charge < -0.3 is 5.11 Å². The molecule has 0 unspecified atom stereocenters. The zero-order valence-corrected chi connectivity index (χ0v) is 4.83. The van der Waals surface area contributed by atoms with Crippen LogP contribution in [0.3, 0.4) is 0 Å². The summed E-state index contributed by atoms with van der Waals surface area (Å²) < 4.78 is 1.00. The topological polar surface area (TPSA) is 35.5 Å². The van der Waals surface area contributed by atoms with Crippen molar-refractivity contribution in [3.8, 4) is 0 Å². The van der Waals surface area contributed by atoms with Gasteiger partial charge in [0.1, 0.15) is 0 Å². The van der Waals surface area contributed by atoms with E-state index in [-0.39, 0.29) is 5.88 Å². The summed E-state index contributed by atoms with van der Waals surface area (Å²) in [5.74, 6) is 0.0340. The van der Waals surface area contributed by atoms with Gasteiger partial charge in [-0.25, -0.2) is 0 Å². The molecule has 1 aliphatic rings. The minimum atomic E-state index is 0.0340. The van der Waals surface area contributed by atoms with Gasteiger partial charge in [-0.1, -0.05) is 0 Å². The van der Waals surface area contributed by atoms with Gasteiger partial charge in [-0.15, -0.1) is 0 Å². The van der Waals surface area contributed by atoms with E-state index in [0.29, 0.717) is 0 Å². The van der Waals surface area contributed by atoms with Crippen LogP contribution in [0, 0.1) is 0 Å². The molecule has 1 rings (SSSR count). The maximum atomic E-state index is 8.57. The molecular weight excluding hydrogens is 136 g/mol. The first-order valence-electron chi connectivity index (χ1n) is 1.57. The standard InChI is InChI=1S/C2H3ClN2OS/c3-5-2(6)1-7-4-5/h1,4,6H. The Hall–Kier alpha value is -0.0600. The Morgan fingerprint density at radius 2 is 2.71 bits per heavy atom. The number of hydrogen-bond donors (Lipinski definition) is 2. The third-order valence-electron chi connectivity index (χ3n) is 0.498. The van der Waals surface area contributed by atoms with Gasteiger partial charge >= 0.3 is 0 Å². The van der Waals surface area contributed by atoms with Gasteiger partial charge in [-0.3, -0.25) is 0 Å². The highest BCUT2D eigenvalue weighted by Crippen LogP contribution is 2.15. The van der Waals surface area contributed by atoms with Gasteiger partial charge in [0.05, 0.1) is 5.41 Å². The van der Waals surface area contributed by atoms with Gasteiger partial charge in [0, 0.05) is 11.8 Å². The van der Waals surface area contributed by atoms with Crippen LogP contribution in [-0.4, -0.2) is 9.63 Å². The molecule has 0 radical (unpaired) electrons. The van der Waals surface area contributed by atoms with Crippen LogP contribution in [0.5, 0.6) is 0 Å². The van der Waals surface area contributed by atoms with Crippen LogP contribution >= 0.6 is 23.7 Å². The van der Waals surface area contributed by atoms with Crippen molar-refractivity contribution in [3.05, 3.63) is 11.3 Å². The Balaban J connectivity index is 2.54. The van der Waals surface area contributed by atoms with E-state index >= 15 is 0 Å². The first-order valence-corrected chi connectivity index (χ1v) is 2.79. The van der Waals surface area contributed by atoms with Crippen molar-refractivity contribution < 1.29 is 5.11 Å². The molecule has 3 nitrogen and oxygen atoms in total. The summed E-state index contributed by atoms with van der Waals surface area (Å²) in [6.45, 7) is 0. The summed E-state index contributed by atoms with van der Waals surface area (Å²) in [6, 6.07) is 0. The summed E-state index contributed by atoms with van der Waals surface area (Å²) in [5, 5.41) is 10.1. The van der Waals surface area contributed by atoms with Crippen molar-refractivity contribution in [2.45, 2.75) is 0 Å². The third-order valence-corrected chi connectivity index (χ3v) is 1.47. The SMILES string of the molecule is OC1=CSNN1Cl. The van der Waals surface area contributed by atoms with Gasteiger partial charge in [0.15, 0.2) is 0 Å². The smallest absolute Gasteiger partial charge is 0.225 e. The number of halogens is 1. The summed E-state index contributed by atoms with van der Waals surface area (Å²) in [6.07, 6.45) is 0. The highest BCUT2D eigenvalue weighted by molar-refractivity contribution is 8.00. The average Bonchev–Trinajstić information content (AvgIpc) is 1.91. The Morgan fingerprint density at radius 3 is 2.86 bits per heavy atom. The first kappa shape index (κ1) is 5.08. The monoisotopic (exact) mass is 138 g/mol. The van der Waals surface area contributed by atoms with E-state index in [4.69, 9.17) is 16.9 Å². The number of nitrogens with zero attached hydrogens (tertiary/aromatic N) is 1. The van der Waals surface area contributed by atoms with Crippen molar-refractivity contribution in [1.82, 2.24) is 9.36 Å². The van der Waals surface area contributed by atoms with Crippen molar-refractivity contribution in [2.75, 3.05) is 0 Å². The second-order valence-electron chi connectivity index (χ2n) is 0.966. The molecular formula is C2H3ClN2OS. The quantitative estimate of drug-likeness (QED) is 0.386. The highest BCUT2D eigenvalue weighted by atomic mass is 35.5. The number of aliphatic hydroxyl groups is 1. The Bertz CT molecular complexity index is 106. The van der Waals surface area contributed by atoms with Crippen LogP contribution in [0.2, 0.25) is 0 Å². The minimum Gasteiger partial charge on any atom is -0.493 e. The molecule has 1 aliphatic heterocycles. The summed E-state index contributed by atoms with van der Waals surface area (Å²) in [7, 11) is 0. The molecule has 0 spiro atoms. The Morgan fingerprint density at radius 1 is 2.00 bits per heavy atom. The summed E-state index contributed by atoms with van der Waals surface area (Å²) in [5.41, 5.74) is 0. The molecule has 0 aromatic rings.